The highest BCUT2D eigenvalue weighted by Crippen LogP contribution is 2.21. The number of benzene rings is 1. The van der Waals surface area contributed by atoms with Crippen LogP contribution in [0.1, 0.15) is 25.5 Å². The van der Waals surface area contributed by atoms with E-state index in [0.29, 0.717) is 49.8 Å². The minimum Gasteiger partial charge on any atom is -0.494 e. The predicted octanol–water partition coefficient (Wildman–Crippen LogP) is 3.26. The molecule has 2 N–H and O–H groups in total. The minimum absolute atomic E-state index is 0.0881. The van der Waals surface area contributed by atoms with Crippen LogP contribution in [-0.2, 0) is 4.79 Å². The number of likely N-dealkylation sites (tertiary alicyclic amines) is 1. The number of urea groups is 1. The molecule has 2 heterocycles. The van der Waals surface area contributed by atoms with Crippen LogP contribution in [-0.4, -0.2) is 41.7 Å². The zero-order valence-corrected chi connectivity index (χ0v) is 15.5. The van der Waals surface area contributed by atoms with E-state index >= 15 is 0 Å². The minimum atomic E-state index is -0.162. The fourth-order valence-electron chi connectivity index (χ4n) is 3.00. The van der Waals surface area contributed by atoms with Gasteiger partial charge in [-0.15, -0.1) is 0 Å². The highest BCUT2D eigenvalue weighted by Gasteiger charge is 2.27. The summed E-state index contributed by atoms with van der Waals surface area (Å²) in [6.07, 6.45) is 1.22. The maximum Gasteiger partial charge on any atom is 0.321 e. The Hall–Kier alpha value is -3.03. The third-order valence-electron chi connectivity index (χ3n) is 4.45. The first kappa shape index (κ1) is 18.8. The van der Waals surface area contributed by atoms with Gasteiger partial charge in [0.15, 0.2) is 5.82 Å². The number of hydrogen-bond acceptors (Lipinski definition) is 5. The molecule has 27 heavy (non-hydrogen) atoms. The number of nitrogens with zero attached hydrogens (tertiary/aromatic N) is 2. The lowest BCUT2D eigenvalue weighted by Crippen LogP contribution is -2.43. The Morgan fingerprint density at radius 1 is 1.22 bits per heavy atom. The number of ether oxygens (including phenoxy) is 1. The van der Waals surface area contributed by atoms with E-state index in [2.05, 4.69) is 15.8 Å². The quantitative estimate of drug-likeness (QED) is 0.840. The molecule has 8 heteroatoms. The van der Waals surface area contributed by atoms with Crippen molar-refractivity contribution in [3.8, 4) is 5.75 Å². The summed E-state index contributed by atoms with van der Waals surface area (Å²) < 4.78 is 10.3. The maximum atomic E-state index is 12.4. The molecule has 2 aromatic rings. The van der Waals surface area contributed by atoms with E-state index in [0.717, 1.165) is 5.75 Å². The average molecular weight is 372 g/mol. The summed E-state index contributed by atoms with van der Waals surface area (Å²) in [4.78, 5) is 26.4. The number of nitrogens with one attached hydrogen (secondary N) is 2. The monoisotopic (exact) mass is 372 g/mol. The van der Waals surface area contributed by atoms with E-state index in [1.807, 2.05) is 31.2 Å². The number of piperidine rings is 1. The lowest BCUT2D eigenvalue weighted by molar-refractivity contribution is -0.121. The number of aromatic nitrogens is 1. The Morgan fingerprint density at radius 2 is 1.93 bits per heavy atom. The van der Waals surface area contributed by atoms with Gasteiger partial charge in [0.1, 0.15) is 11.5 Å². The number of anilines is 2. The molecule has 3 rings (SSSR count). The molecule has 144 valence electrons. The molecule has 1 aliphatic heterocycles. The highest BCUT2D eigenvalue weighted by atomic mass is 16.5. The molecule has 8 nitrogen and oxygen atoms in total. The largest absolute Gasteiger partial charge is 0.494 e. The predicted molar refractivity (Wildman–Crippen MR) is 101 cm³/mol. The summed E-state index contributed by atoms with van der Waals surface area (Å²) >= 11 is 0. The normalized spacial score (nSPS) is 14.7. The molecule has 1 aliphatic rings. The fraction of sp³-hybridized carbons (Fsp3) is 0.421. The summed E-state index contributed by atoms with van der Waals surface area (Å²) in [6.45, 7) is 5.35. The van der Waals surface area contributed by atoms with Crippen molar-refractivity contribution in [3.05, 3.63) is 36.1 Å². The molecule has 1 aromatic carbocycles. The van der Waals surface area contributed by atoms with Gasteiger partial charge in [-0.2, -0.15) is 0 Å². The molecule has 0 unspecified atom stereocenters. The van der Waals surface area contributed by atoms with Crippen LogP contribution in [0.15, 0.2) is 34.9 Å². The van der Waals surface area contributed by atoms with Gasteiger partial charge >= 0.3 is 6.03 Å². The Balaban J connectivity index is 1.46. The molecule has 0 atom stereocenters. The summed E-state index contributed by atoms with van der Waals surface area (Å²) in [5, 5.41) is 9.40. The molecular weight excluding hydrogens is 348 g/mol. The zero-order chi connectivity index (χ0) is 19.2. The van der Waals surface area contributed by atoms with Crippen LogP contribution < -0.4 is 15.4 Å². The first-order valence-electron chi connectivity index (χ1n) is 9.08. The van der Waals surface area contributed by atoms with Gasteiger partial charge in [0.25, 0.3) is 0 Å². The van der Waals surface area contributed by atoms with Gasteiger partial charge in [-0.05, 0) is 51.0 Å². The highest BCUT2D eigenvalue weighted by molar-refractivity contribution is 5.92. The van der Waals surface area contributed by atoms with Crippen LogP contribution in [0.5, 0.6) is 5.75 Å². The van der Waals surface area contributed by atoms with Crippen molar-refractivity contribution in [2.75, 3.05) is 30.3 Å². The van der Waals surface area contributed by atoms with Crippen LogP contribution in [0.3, 0.4) is 0 Å². The second-order valence-corrected chi connectivity index (χ2v) is 6.46. The van der Waals surface area contributed by atoms with Crippen molar-refractivity contribution in [3.63, 3.8) is 0 Å². The molecule has 0 bridgehead atoms. The molecule has 1 aromatic heterocycles. The van der Waals surface area contributed by atoms with Gasteiger partial charge in [0, 0.05) is 30.8 Å². The van der Waals surface area contributed by atoms with Crippen molar-refractivity contribution in [2.45, 2.75) is 26.7 Å². The van der Waals surface area contributed by atoms with E-state index in [1.165, 1.54) is 0 Å². The lowest BCUT2D eigenvalue weighted by atomic mass is 9.96. The average Bonchev–Trinajstić information content (AvgIpc) is 3.08. The SMILES string of the molecule is CCOc1ccc(NC(=O)N2CCC(C(=O)Nc3cc(C)on3)CC2)cc1. The number of carbonyl (C=O) groups is 2. The summed E-state index contributed by atoms with van der Waals surface area (Å²) in [5.74, 6) is 1.61. The van der Waals surface area contributed by atoms with Gasteiger partial charge in [0.2, 0.25) is 5.91 Å². The van der Waals surface area contributed by atoms with Crippen molar-refractivity contribution in [2.24, 2.45) is 5.92 Å². The zero-order valence-electron chi connectivity index (χ0n) is 15.5. The van der Waals surface area contributed by atoms with Gasteiger partial charge < -0.3 is 24.8 Å². The van der Waals surface area contributed by atoms with E-state index < -0.39 is 0 Å². The Bertz CT molecular complexity index is 779. The van der Waals surface area contributed by atoms with Crippen LogP contribution >= 0.6 is 0 Å². The van der Waals surface area contributed by atoms with Crippen molar-refractivity contribution in [1.82, 2.24) is 10.1 Å². The van der Waals surface area contributed by atoms with E-state index in [4.69, 9.17) is 9.26 Å². The van der Waals surface area contributed by atoms with Crippen LogP contribution in [0.4, 0.5) is 16.3 Å². The van der Waals surface area contributed by atoms with Gasteiger partial charge in [0.05, 0.1) is 6.61 Å². The van der Waals surface area contributed by atoms with Gasteiger partial charge in [-0.3, -0.25) is 4.79 Å². The first-order valence-corrected chi connectivity index (χ1v) is 9.08. The number of hydrogen-bond donors (Lipinski definition) is 2. The molecule has 1 fully saturated rings. The molecular formula is C19H24N4O4. The van der Waals surface area contributed by atoms with E-state index in [9.17, 15) is 9.59 Å². The van der Waals surface area contributed by atoms with E-state index in [1.54, 1.807) is 17.9 Å². The fourth-order valence-corrected chi connectivity index (χ4v) is 3.00. The van der Waals surface area contributed by atoms with Crippen molar-refractivity contribution >= 4 is 23.4 Å². The van der Waals surface area contributed by atoms with Crippen LogP contribution in [0.25, 0.3) is 0 Å². The molecule has 0 spiro atoms. The molecule has 0 radical (unpaired) electrons. The first-order chi connectivity index (χ1) is 13.0. The molecule has 0 saturated carbocycles. The third kappa shape index (κ3) is 4.99. The Morgan fingerprint density at radius 3 is 2.52 bits per heavy atom. The van der Waals surface area contributed by atoms with Crippen LogP contribution in [0.2, 0.25) is 0 Å². The second kappa shape index (κ2) is 8.57. The maximum absolute atomic E-state index is 12.4. The standard InChI is InChI=1S/C19H24N4O4/c1-3-26-16-6-4-15(5-7-16)20-19(25)23-10-8-14(9-11-23)18(24)21-17-12-13(2)27-22-17/h4-7,12,14H,3,8-11H2,1-2H3,(H,20,25)(H,21,22,24). The van der Waals surface area contributed by atoms with Crippen LogP contribution in [0, 0.1) is 12.8 Å². The Kier molecular flexibility index (Phi) is 5.95. The summed E-state index contributed by atoms with van der Waals surface area (Å²) in [5.41, 5.74) is 0.713. The topological polar surface area (TPSA) is 96.7 Å². The van der Waals surface area contributed by atoms with Gasteiger partial charge in [-0.1, -0.05) is 5.16 Å². The Labute approximate surface area is 157 Å². The van der Waals surface area contributed by atoms with Gasteiger partial charge in [-0.25, -0.2) is 4.79 Å². The summed E-state index contributed by atoms with van der Waals surface area (Å²) in [7, 11) is 0. The number of aryl methyl sites for hydroxylation is 1. The number of carbonyl (C=O) groups excluding carboxylic acids is 2. The lowest BCUT2D eigenvalue weighted by Gasteiger charge is -2.31. The number of rotatable bonds is 5. The molecule has 0 aliphatic carbocycles. The molecule has 3 amide bonds. The van der Waals surface area contributed by atoms with E-state index in [-0.39, 0.29) is 17.9 Å². The van der Waals surface area contributed by atoms with Crippen molar-refractivity contribution < 1.29 is 18.8 Å². The third-order valence-corrected chi connectivity index (χ3v) is 4.45. The number of amides is 3. The van der Waals surface area contributed by atoms with Crippen molar-refractivity contribution in [1.29, 1.82) is 0 Å². The molecule has 1 saturated heterocycles. The smallest absolute Gasteiger partial charge is 0.321 e. The summed E-state index contributed by atoms with van der Waals surface area (Å²) in [6, 6.07) is 8.77. The second-order valence-electron chi connectivity index (χ2n) is 6.46.